The molecule has 0 spiro atoms. The van der Waals surface area contributed by atoms with Crippen molar-refractivity contribution in [2.45, 2.75) is 51.9 Å². The van der Waals surface area contributed by atoms with Crippen LogP contribution >= 0.6 is 0 Å². The Morgan fingerprint density at radius 3 is 2.30 bits per heavy atom. The van der Waals surface area contributed by atoms with E-state index in [1.165, 1.54) is 28.7 Å². The molecule has 2 aromatic rings. The number of fused-ring (bicyclic) bond motifs is 1. The van der Waals surface area contributed by atoms with Gasteiger partial charge in [-0.2, -0.15) is 0 Å². The lowest BCUT2D eigenvalue weighted by Gasteiger charge is -2.29. The molecule has 0 amide bonds. The summed E-state index contributed by atoms with van der Waals surface area (Å²) in [4.78, 5) is 0. The first-order valence-corrected chi connectivity index (χ1v) is 7.52. The van der Waals surface area contributed by atoms with Crippen LogP contribution in [0.3, 0.4) is 0 Å². The standard InChI is InChI=1S/C20H24/c1-14-8-6-10-16(12-14)20(5)13-19(3,4)17-11-7-9-15(2)18(17)20/h6-12H,13H2,1-5H3. The summed E-state index contributed by atoms with van der Waals surface area (Å²) < 4.78 is 0. The van der Waals surface area contributed by atoms with Crippen LogP contribution in [0.1, 0.15) is 55.0 Å². The predicted octanol–water partition coefficient (Wildman–Crippen LogP) is 5.29. The first kappa shape index (κ1) is 13.4. The van der Waals surface area contributed by atoms with Gasteiger partial charge in [-0.1, -0.05) is 68.8 Å². The van der Waals surface area contributed by atoms with Gasteiger partial charge >= 0.3 is 0 Å². The van der Waals surface area contributed by atoms with Crippen molar-refractivity contribution in [3.63, 3.8) is 0 Å². The van der Waals surface area contributed by atoms with E-state index in [1.807, 2.05) is 0 Å². The van der Waals surface area contributed by atoms with Crippen LogP contribution in [0.4, 0.5) is 0 Å². The van der Waals surface area contributed by atoms with E-state index in [-0.39, 0.29) is 10.8 Å². The molecule has 1 aliphatic carbocycles. The van der Waals surface area contributed by atoms with Gasteiger partial charge in [0.05, 0.1) is 0 Å². The molecule has 20 heavy (non-hydrogen) atoms. The van der Waals surface area contributed by atoms with Crippen LogP contribution in [-0.2, 0) is 10.8 Å². The molecule has 1 unspecified atom stereocenters. The summed E-state index contributed by atoms with van der Waals surface area (Å²) in [5.74, 6) is 0. The van der Waals surface area contributed by atoms with Crippen molar-refractivity contribution in [2.75, 3.05) is 0 Å². The van der Waals surface area contributed by atoms with Crippen LogP contribution < -0.4 is 0 Å². The van der Waals surface area contributed by atoms with Gasteiger partial charge in [-0.25, -0.2) is 0 Å². The molecule has 0 aromatic heterocycles. The Bertz CT molecular complexity index is 663. The lowest BCUT2D eigenvalue weighted by molar-refractivity contribution is 0.424. The molecule has 3 rings (SSSR count). The van der Waals surface area contributed by atoms with Crippen molar-refractivity contribution in [3.05, 3.63) is 70.3 Å². The number of rotatable bonds is 1. The number of benzene rings is 2. The van der Waals surface area contributed by atoms with Gasteiger partial charge in [-0.15, -0.1) is 0 Å². The average Bonchev–Trinajstić information content (AvgIpc) is 2.59. The third-order valence-electron chi connectivity index (χ3n) is 5.00. The molecule has 1 aliphatic rings. The number of hydrogen-bond acceptors (Lipinski definition) is 0. The first-order chi connectivity index (χ1) is 9.34. The second-order valence-corrected chi connectivity index (χ2v) is 7.26. The summed E-state index contributed by atoms with van der Waals surface area (Å²) in [6, 6.07) is 15.8. The molecule has 0 saturated heterocycles. The fourth-order valence-electron chi connectivity index (χ4n) is 4.27. The smallest absolute Gasteiger partial charge is 0.0188 e. The molecule has 0 N–H and O–H groups in total. The molecule has 0 heterocycles. The Morgan fingerprint density at radius 1 is 0.900 bits per heavy atom. The van der Waals surface area contributed by atoms with Gasteiger partial charge in [0.25, 0.3) is 0 Å². The maximum absolute atomic E-state index is 2.42. The van der Waals surface area contributed by atoms with E-state index in [0.29, 0.717) is 0 Å². The van der Waals surface area contributed by atoms with Gasteiger partial charge in [0.2, 0.25) is 0 Å². The topological polar surface area (TPSA) is 0 Å². The lowest BCUT2D eigenvalue weighted by atomic mass is 9.74. The summed E-state index contributed by atoms with van der Waals surface area (Å²) in [7, 11) is 0. The molecule has 0 radical (unpaired) electrons. The Hall–Kier alpha value is -1.56. The van der Waals surface area contributed by atoms with Crippen molar-refractivity contribution in [3.8, 4) is 0 Å². The van der Waals surface area contributed by atoms with Crippen molar-refractivity contribution in [2.24, 2.45) is 0 Å². The van der Waals surface area contributed by atoms with Crippen LogP contribution in [-0.4, -0.2) is 0 Å². The third kappa shape index (κ3) is 1.82. The molecular formula is C20H24. The highest BCUT2D eigenvalue weighted by Crippen LogP contribution is 2.53. The van der Waals surface area contributed by atoms with Gasteiger partial charge in [-0.3, -0.25) is 0 Å². The predicted molar refractivity (Wildman–Crippen MR) is 86.5 cm³/mol. The minimum atomic E-state index is 0.135. The Kier molecular flexibility index (Phi) is 2.83. The molecule has 0 saturated carbocycles. The van der Waals surface area contributed by atoms with Crippen molar-refractivity contribution in [1.29, 1.82) is 0 Å². The summed E-state index contributed by atoms with van der Waals surface area (Å²) in [6.45, 7) is 11.6. The molecule has 104 valence electrons. The SMILES string of the molecule is Cc1cccc(C2(C)CC(C)(C)c3cccc(C)c32)c1. The highest BCUT2D eigenvalue weighted by Gasteiger charge is 2.46. The average molecular weight is 264 g/mol. The summed E-state index contributed by atoms with van der Waals surface area (Å²) in [5, 5.41) is 0. The van der Waals surface area contributed by atoms with Crippen LogP contribution in [0.15, 0.2) is 42.5 Å². The minimum absolute atomic E-state index is 0.135. The van der Waals surface area contributed by atoms with Crippen molar-refractivity contribution in [1.82, 2.24) is 0 Å². The third-order valence-corrected chi connectivity index (χ3v) is 5.00. The fraction of sp³-hybridized carbons (Fsp3) is 0.400. The van der Waals surface area contributed by atoms with Crippen molar-refractivity contribution >= 4 is 0 Å². The molecule has 2 aromatic carbocycles. The Labute approximate surface area is 122 Å². The van der Waals surface area contributed by atoms with E-state index >= 15 is 0 Å². The maximum atomic E-state index is 2.42. The highest BCUT2D eigenvalue weighted by molar-refractivity contribution is 5.55. The van der Waals surface area contributed by atoms with E-state index in [0.717, 1.165) is 0 Å². The monoisotopic (exact) mass is 264 g/mol. The zero-order valence-corrected chi connectivity index (χ0v) is 13.2. The zero-order valence-electron chi connectivity index (χ0n) is 13.2. The molecule has 0 fully saturated rings. The maximum Gasteiger partial charge on any atom is 0.0188 e. The second-order valence-electron chi connectivity index (χ2n) is 7.26. The lowest BCUT2D eigenvalue weighted by Crippen LogP contribution is -2.24. The van der Waals surface area contributed by atoms with E-state index in [2.05, 4.69) is 77.1 Å². The zero-order chi connectivity index (χ0) is 14.5. The Morgan fingerprint density at radius 2 is 1.60 bits per heavy atom. The minimum Gasteiger partial charge on any atom is -0.0617 e. The first-order valence-electron chi connectivity index (χ1n) is 7.52. The van der Waals surface area contributed by atoms with Crippen LogP contribution in [0.2, 0.25) is 0 Å². The van der Waals surface area contributed by atoms with Gasteiger partial charge in [0, 0.05) is 5.41 Å². The molecule has 0 heteroatoms. The largest absolute Gasteiger partial charge is 0.0617 e. The van der Waals surface area contributed by atoms with E-state index in [4.69, 9.17) is 0 Å². The van der Waals surface area contributed by atoms with Gasteiger partial charge in [-0.05, 0) is 47.9 Å². The molecule has 0 nitrogen and oxygen atoms in total. The molecular weight excluding hydrogens is 240 g/mol. The van der Waals surface area contributed by atoms with E-state index in [9.17, 15) is 0 Å². The highest BCUT2D eigenvalue weighted by atomic mass is 14.5. The quantitative estimate of drug-likeness (QED) is 0.656. The van der Waals surface area contributed by atoms with Crippen molar-refractivity contribution < 1.29 is 0 Å². The van der Waals surface area contributed by atoms with Crippen LogP contribution in [0, 0.1) is 13.8 Å². The Balaban J connectivity index is 2.28. The molecule has 0 aliphatic heterocycles. The normalized spacial score (nSPS) is 23.6. The number of aryl methyl sites for hydroxylation is 2. The van der Waals surface area contributed by atoms with Gasteiger partial charge in [0.15, 0.2) is 0 Å². The fourth-order valence-corrected chi connectivity index (χ4v) is 4.27. The van der Waals surface area contributed by atoms with E-state index in [1.54, 1.807) is 5.56 Å². The van der Waals surface area contributed by atoms with E-state index < -0.39 is 0 Å². The van der Waals surface area contributed by atoms with Gasteiger partial charge in [0.1, 0.15) is 0 Å². The molecule has 0 bridgehead atoms. The van der Waals surface area contributed by atoms with Crippen LogP contribution in [0.25, 0.3) is 0 Å². The number of hydrogen-bond donors (Lipinski definition) is 0. The second kappa shape index (κ2) is 4.22. The summed E-state index contributed by atoms with van der Waals surface area (Å²) in [6.07, 6.45) is 1.18. The van der Waals surface area contributed by atoms with Crippen LogP contribution in [0.5, 0.6) is 0 Å². The van der Waals surface area contributed by atoms with Gasteiger partial charge < -0.3 is 0 Å². The molecule has 1 atom stereocenters. The summed E-state index contributed by atoms with van der Waals surface area (Å²) >= 11 is 0. The summed E-state index contributed by atoms with van der Waals surface area (Å²) in [5.41, 5.74) is 7.70.